The Bertz CT molecular complexity index is 522. The van der Waals surface area contributed by atoms with Crippen LogP contribution in [0.25, 0.3) is 0 Å². The minimum Gasteiger partial charge on any atom is -0.465 e. The van der Waals surface area contributed by atoms with Crippen molar-refractivity contribution < 1.29 is 19.1 Å². The van der Waals surface area contributed by atoms with E-state index in [4.69, 9.17) is 9.47 Å². The number of ether oxygens (including phenoxy) is 2. The van der Waals surface area contributed by atoms with Crippen molar-refractivity contribution in [1.82, 2.24) is 4.98 Å². The molecule has 1 aromatic heterocycles. The molecule has 1 aromatic rings. The molecule has 0 atom stereocenters. The van der Waals surface area contributed by atoms with E-state index in [9.17, 15) is 9.59 Å². The van der Waals surface area contributed by atoms with Gasteiger partial charge in [0.1, 0.15) is 0 Å². The Labute approximate surface area is 124 Å². The zero-order valence-corrected chi connectivity index (χ0v) is 12.8. The Kier molecular flexibility index (Phi) is 6.52. The van der Waals surface area contributed by atoms with Gasteiger partial charge in [0.2, 0.25) is 0 Å². The van der Waals surface area contributed by atoms with E-state index in [0.29, 0.717) is 5.69 Å². The van der Waals surface area contributed by atoms with E-state index in [-0.39, 0.29) is 13.2 Å². The molecule has 0 amide bonds. The summed E-state index contributed by atoms with van der Waals surface area (Å²) >= 11 is 0. The van der Waals surface area contributed by atoms with Gasteiger partial charge in [0.15, 0.2) is 5.92 Å². The first-order chi connectivity index (χ1) is 9.99. The number of aryl methyl sites for hydroxylation is 2. The monoisotopic (exact) mass is 292 g/mol. The molecular weight excluding hydrogens is 272 g/mol. The number of carbonyl (C=O) groups is 2. The number of aromatic nitrogens is 1. The van der Waals surface area contributed by atoms with Gasteiger partial charge in [0.25, 0.3) is 0 Å². The van der Waals surface area contributed by atoms with Gasteiger partial charge in [-0.25, -0.2) is 0 Å². The molecule has 0 bridgehead atoms. The van der Waals surface area contributed by atoms with Gasteiger partial charge in [0, 0.05) is 11.9 Å². The van der Waals surface area contributed by atoms with Crippen LogP contribution in [0, 0.1) is 19.8 Å². The summed E-state index contributed by atoms with van der Waals surface area (Å²) in [5.74, 6) is -2.50. The maximum Gasteiger partial charge on any atom is 0.325 e. The highest BCUT2D eigenvalue weighted by Crippen LogP contribution is 2.16. The molecule has 0 unspecified atom stereocenters. The predicted molar refractivity (Wildman–Crippen MR) is 78.6 cm³/mol. The SMILES string of the molecule is CCOC(=O)C(C=Nc1ccc(C)nc1C)C(=O)OCC. The van der Waals surface area contributed by atoms with Crippen LogP contribution in [0.2, 0.25) is 0 Å². The fourth-order valence-electron chi connectivity index (χ4n) is 1.65. The molecule has 0 aliphatic heterocycles. The zero-order chi connectivity index (χ0) is 15.8. The van der Waals surface area contributed by atoms with E-state index in [1.807, 2.05) is 19.9 Å². The van der Waals surface area contributed by atoms with Crippen LogP contribution in [0.4, 0.5) is 5.69 Å². The van der Waals surface area contributed by atoms with Crippen molar-refractivity contribution in [2.24, 2.45) is 10.9 Å². The van der Waals surface area contributed by atoms with Gasteiger partial charge in [-0.2, -0.15) is 0 Å². The average molecular weight is 292 g/mol. The molecule has 0 radical (unpaired) electrons. The number of hydrogen-bond donors (Lipinski definition) is 0. The lowest BCUT2D eigenvalue weighted by atomic mass is 10.1. The van der Waals surface area contributed by atoms with E-state index in [0.717, 1.165) is 11.4 Å². The topological polar surface area (TPSA) is 77.9 Å². The third-order valence-electron chi connectivity index (χ3n) is 2.64. The largest absolute Gasteiger partial charge is 0.465 e. The molecule has 0 aliphatic rings. The van der Waals surface area contributed by atoms with Crippen LogP contribution in [-0.2, 0) is 19.1 Å². The minimum absolute atomic E-state index is 0.188. The van der Waals surface area contributed by atoms with E-state index in [2.05, 4.69) is 9.98 Å². The van der Waals surface area contributed by atoms with Crippen LogP contribution in [0.3, 0.4) is 0 Å². The molecule has 0 aromatic carbocycles. The molecule has 114 valence electrons. The average Bonchev–Trinajstić information content (AvgIpc) is 2.41. The second kappa shape index (κ2) is 8.14. The predicted octanol–water partition coefficient (Wildman–Crippen LogP) is 2.14. The lowest BCUT2D eigenvalue weighted by Crippen LogP contribution is -2.29. The van der Waals surface area contributed by atoms with Gasteiger partial charge in [-0.3, -0.25) is 19.6 Å². The van der Waals surface area contributed by atoms with Crippen molar-refractivity contribution in [2.75, 3.05) is 13.2 Å². The molecule has 0 aliphatic carbocycles. The molecule has 1 heterocycles. The van der Waals surface area contributed by atoms with Gasteiger partial charge in [-0.1, -0.05) is 0 Å². The highest BCUT2D eigenvalue weighted by molar-refractivity contribution is 6.09. The first kappa shape index (κ1) is 16.8. The van der Waals surface area contributed by atoms with Gasteiger partial charge in [0.05, 0.1) is 24.6 Å². The number of pyridine rings is 1. The van der Waals surface area contributed by atoms with E-state index in [1.54, 1.807) is 19.9 Å². The fourth-order valence-corrected chi connectivity index (χ4v) is 1.65. The lowest BCUT2D eigenvalue weighted by Gasteiger charge is -2.10. The van der Waals surface area contributed by atoms with Crippen LogP contribution >= 0.6 is 0 Å². The quantitative estimate of drug-likeness (QED) is 0.456. The highest BCUT2D eigenvalue weighted by atomic mass is 16.6. The molecule has 21 heavy (non-hydrogen) atoms. The Morgan fingerprint density at radius 1 is 1.19 bits per heavy atom. The van der Waals surface area contributed by atoms with E-state index < -0.39 is 17.9 Å². The Morgan fingerprint density at radius 3 is 2.24 bits per heavy atom. The summed E-state index contributed by atoms with van der Waals surface area (Å²) in [6.45, 7) is 7.40. The number of carbonyl (C=O) groups excluding carboxylic acids is 2. The molecule has 0 saturated heterocycles. The van der Waals surface area contributed by atoms with Crippen LogP contribution in [0.15, 0.2) is 17.1 Å². The number of rotatable bonds is 6. The molecule has 1 rings (SSSR count). The van der Waals surface area contributed by atoms with Crippen molar-refractivity contribution in [3.8, 4) is 0 Å². The molecule has 0 saturated carbocycles. The molecule has 0 N–H and O–H groups in total. The second-order valence-electron chi connectivity index (χ2n) is 4.32. The van der Waals surface area contributed by atoms with Crippen molar-refractivity contribution in [1.29, 1.82) is 0 Å². The van der Waals surface area contributed by atoms with Crippen molar-refractivity contribution in [2.45, 2.75) is 27.7 Å². The van der Waals surface area contributed by atoms with Gasteiger partial charge < -0.3 is 9.47 Å². The summed E-state index contributed by atoms with van der Waals surface area (Å²) in [5.41, 5.74) is 2.19. The number of esters is 2. The summed E-state index contributed by atoms with van der Waals surface area (Å²) in [4.78, 5) is 32.0. The van der Waals surface area contributed by atoms with Crippen molar-refractivity contribution in [3.05, 3.63) is 23.5 Å². The molecular formula is C15H20N2O4. The van der Waals surface area contributed by atoms with Gasteiger partial charge >= 0.3 is 11.9 Å². The van der Waals surface area contributed by atoms with Crippen LogP contribution in [-0.4, -0.2) is 36.4 Å². The van der Waals surface area contributed by atoms with Crippen LogP contribution in [0.1, 0.15) is 25.2 Å². The number of aliphatic imine (C=N–C) groups is 1. The van der Waals surface area contributed by atoms with Crippen molar-refractivity contribution >= 4 is 23.8 Å². The Morgan fingerprint density at radius 2 is 1.76 bits per heavy atom. The molecule has 0 spiro atoms. The van der Waals surface area contributed by atoms with Crippen LogP contribution in [0.5, 0.6) is 0 Å². The second-order valence-corrected chi connectivity index (χ2v) is 4.32. The summed E-state index contributed by atoms with van der Waals surface area (Å²) in [6.07, 6.45) is 1.25. The molecule has 6 nitrogen and oxygen atoms in total. The number of nitrogens with zero attached hydrogens (tertiary/aromatic N) is 2. The maximum atomic E-state index is 11.8. The maximum absolute atomic E-state index is 11.8. The zero-order valence-electron chi connectivity index (χ0n) is 12.8. The normalized spacial score (nSPS) is 10.9. The summed E-state index contributed by atoms with van der Waals surface area (Å²) in [7, 11) is 0. The molecule has 0 fully saturated rings. The van der Waals surface area contributed by atoms with E-state index in [1.165, 1.54) is 6.21 Å². The Balaban J connectivity index is 2.96. The smallest absolute Gasteiger partial charge is 0.325 e. The summed E-state index contributed by atoms with van der Waals surface area (Å²) in [5, 5.41) is 0. The lowest BCUT2D eigenvalue weighted by molar-refractivity contribution is -0.157. The van der Waals surface area contributed by atoms with Crippen molar-refractivity contribution in [3.63, 3.8) is 0 Å². The fraction of sp³-hybridized carbons (Fsp3) is 0.467. The minimum atomic E-state index is -1.16. The van der Waals surface area contributed by atoms with E-state index >= 15 is 0 Å². The third kappa shape index (κ3) is 4.98. The first-order valence-electron chi connectivity index (χ1n) is 6.81. The van der Waals surface area contributed by atoms with Crippen LogP contribution < -0.4 is 0 Å². The summed E-state index contributed by atoms with van der Waals surface area (Å²) < 4.78 is 9.73. The van der Waals surface area contributed by atoms with Gasteiger partial charge in [-0.05, 0) is 39.8 Å². The standard InChI is InChI=1S/C15H20N2O4/c1-5-20-14(18)12(15(19)21-6-2)9-16-13-8-7-10(3)17-11(13)4/h7-9,12H,5-6H2,1-4H3. The third-order valence-corrected chi connectivity index (χ3v) is 2.64. The molecule has 6 heteroatoms. The van der Waals surface area contributed by atoms with Gasteiger partial charge in [-0.15, -0.1) is 0 Å². The highest BCUT2D eigenvalue weighted by Gasteiger charge is 2.27. The Hall–Kier alpha value is -2.24. The number of hydrogen-bond acceptors (Lipinski definition) is 6. The summed E-state index contributed by atoms with van der Waals surface area (Å²) in [6, 6.07) is 3.59. The first-order valence-corrected chi connectivity index (χ1v) is 6.81.